The standard InChI is InChI=1S/C7H12INO/c1-6(10)9-4-2-3-7(8)5-9/h7H,2-5H2,1H3/t7-/m1/s1. The van der Waals surface area contributed by atoms with E-state index < -0.39 is 0 Å². The molecule has 0 aromatic carbocycles. The first-order valence-corrected chi connectivity index (χ1v) is 4.84. The highest BCUT2D eigenvalue weighted by Crippen LogP contribution is 2.16. The van der Waals surface area contributed by atoms with Crippen LogP contribution in [0.2, 0.25) is 0 Å². The topological polar surface area (TPSA) is 20.3 Å². The fraction of sp³-hybridized carbons (Fsp3) is 0.857. The normalized spacial score (nSPS) is 26.6. The van der Waals surface area contributed by atoms with Crippen LogP contribution in [-0.4, -0.2) is 27.8 Å². The third-order valence-corrected chi connectivity index (χ3v) is 2.83. The van der Waals surface area contributed by atoms with Gasteiger partial charge in [0.25, 0.3) is 0 Å². The van der Waals surface area contributed by atoms with E-state index in [0.29, 0.717) is 3.92 Å². The average molecular weight is 253 g/mol. The van der Waals surface area contributed by atoms with E-state index >= 15 is 0 Å². The highest BCUT2D eigenvalue weighted by Gasteiger charge is 2.18. The third-order valence-electron chi connectivity index (χ3n) is 1.81. The number of hydrogen-bond acceptors (Lipinski definition) is 1. The Morgan fingerprint density at radius 3 is 2.80 bits per heavy atom. The summed E-state index contributed by atoms with van der Waals surface area (Å²) in [4.78, 5) is 12.8. The van der Waals surface area contributed by atoms with Crippen LogP contribution in [0.4, 0.5) is 0 Å². The van der Waals surface area contributed by atoms with Gasteiger partial charge < -0.3 is 4.90 Å². The van der Waals surface area contributed by atoms with E-state index in [0.717, 1.165) is 13.1 Å². The lowest BCUT2D eigenvalue weighted by atomic mass is 10.1. The minimum Gasteiger partial charge on any atom is -0.342 e. The molecule has 0 radical (unpaired) electrons. The van der Waals surface area contributed by atoms with Gasteiger partial charge in [0.1, 0.15) is 0 Å². The summed E-state index contributed by atoms with van der Waals surface area (Å²) in [6.45, 7) is 3.57. The van der Waals surface area contributed by atoms with Gasteiger partial charge in [-0.15, -0.1) is 0 Å². The van der Waals surface area contributed by atoms with Crippen LogP contribution in [-0.2, 0) is 4.79 Å². The summed E-state index contributed by atoms with van der Waals surface area (Å²) < 4.78 is 0.676. The molecule has 0 bridgehead atoms. The Morgan fingerprint density at radius 1 is 1.70 bits per heavy atom. The van der Waals surface area contributed by atoms with E-state index in [-0.39, 0.29) is 5.91 Å². The minimum absolute atomic E-state index is 0.223. The first kappa shape index (κ1) is 8.30. The Kier molecular flexibility index (Phi) is 2.95. The van der Waals surface area contributed by atoms with Crippen LogP contribution in [0.15, 0.2) is 0 Å². The number of carbonyl (C=O) groups is 1. The number of alkyl halides is 1. The van der Waals surface area contributed by atoms with E-state index in [1.807, 2.05) is 4.90 Å². The summed E-state index contributed by atoms with van der Waals surface area (Å²) in [6, 6.07) is 0. The van der Waals surface area contributed by atoms with Gasteiger partial charge in [0.05, 0.1) is 0 Å². The summed E-state index contributed by atoms with van der Waals surface area (Å²) in [6.07, 6.45) is 2.44. The molecule has 0 spiro atoms. The molecule has 0 aliphatic carbocycles. The lowest BCUT2D eigenvalue weighted by molar-refractivity contribution is -0.129. The molecule has 0 aromatic heterocycles. The highest BCUT2D eigenvalue weighted by molar-refractivity contribution is 14.1. The second-order valence-corrected chi connectivity index (χ2v) is 4.47. The van der Waals surface area contributed by atoms with E-state index in [4.69, 9.17) is 0 Å². The zero-order valence-corrected chi connectivity index (χ0v) is 8.30. The Morgan fingerprint density at radius 2 is 2.40 bits per heavy atom. The van der Waals surface area contributed by atoms with Crippen LogP contribution in [0.1, 0.15) is 19.8 Å². The Balaban J connectivity index is 2.39. The molecule has 3 heteroatoms. The first-order chi connectivity index (χ1) is 4.70. The third kappa shape index (κ3) is 2.11. The van der Waals surface area contributed by atoms with Gasteiger partial charge in [0.15, 0.2) is 0 Å². The smallest absolute Gasteiger partial charge is 0.219 e. The molecule has 1 aliphatic rings. The van der Waals surface area contributed by atoms with Crippen molar-refractivity contribution >= 4 is 28.5 Å². The monoisotopic (exact) mass is 253 g/mol. The van der Waals surface area contributed by atoms with Gasteiger partial charge in [-0.05, 0) is 12.8 Å². The molecule has 1 atom stereocenters. The van der Waals surface area contributed by atoms with Crippen molar-refractivity contribution < 1.29 is 4.79 Å². The lowest BCUT2D eigenvalue weighted by Gasteiger charge is -2.28. The zero-order chi connectivity index (χ0) is 7.56. The van der Waals surface area contributed by atoms with Gasteiger partial charge in [-0.25, -0.2) is 0 Å². The number of carbonyl (C=O) groups excluding carboxylic acids is 1. The summed E-state index contributed by atoms with van der Waals surface area (Å²) >= 11 is 2.41. The molecule has 0 unspecified atom stereocenters. The Bertz CT molecular complexity index is 138. The predicted molar refractivity (Wildman–Crippen MR) is 49.3 cm³/mol. The molecule has 1 amide bonds. The second kappa shape index (κ2) is 3.55. The number of rotatable bonds is 0. The van der Waals surface area contributed by atoms with E-state index in [1.54, 1.807) is 6.92 Å². The summed E-state index contributed by atoms with van der Waals surface area (Å²) in [5.74, 6) is 0.223. The molecule has 1 saturated heterocycles. The molecule has 1 aliphatic heterocycles. The van der Waals surface area contributed by atoms with Crippen LogP contribution in [0, 0.1) is 0 Å². The molecule has 2 nitrogen and oxygen atoms in total. The fourth-order valence-electron chi connectivity index (χ4n) is 1.21. The van der Waals surface area contributed by atoms with E-state index in [2.05, 4.69) is 22.6 Å². The summed E-state index contributed by atoms with van der Waals surface area (Å²) in [5, 5.41) is 0. The molecule has 10 heavy (non-hydrogen) atoms. The molecule has 58 valence electrons. The maximum absolute atomic E-state index is 10.9. The van der Waals surface area contributed by atoms with Crippen LogP contribution >= 0.6 is 22.6 Å². The zero-order valence-electron chi connectivity index (χ0n) is 6.14. The first-order valence-electron chi connectivity index (χ1n) is 3.59. The number of likely N-dealkylation sites (tertiary alicyclic amines) is 1. The van der Waals surface area contributed by atoms with E-state index in [1.165, 1.54) is 12.8 Å². The molecule has 1 rings (SSSR count). The van der Waals surface area contributed by atoms with Crippen molar-refractivity contribution in [2.75, 3.05) is 13.1 Å². The van der Waals surface area contributed by atoms with E-state index in [9.17, 15) is 4.79 Å². The van der Waals surface area contributed by atoms with Crippen molar-refractivity contribution in [3.8, 4) is 0 Å². The molecule has 0 aromatic rings. The molecular formula is C7H12INO. The van der Waals surface area contributed by atoms with Gasteiger partial charge in [-0.3, -0.25) is 4.79 Å². The van der Waals surface area contributed by atoms with Crippen molar-refractivity contribution in [1.82, 2.24) is 4.90 Å². The molecule has 0 N–H and O–H groups in total. The fourth-order valence-corrected chi connectivity index (χ4v) is 2.13. The minimum atomic E-state index is 0.223. The van der Waals surface area contributed by atoms with Crippen molar-refractivity contribution in [3.05, 3.63) is 0 Å². The van der Waals surface area contributed by atoms with Crippen molar-refractivity contribution in [3.63, 3.8) is 0 Å². The number of piperidine rings is 1. The maximum Gasteiger partial charge on any atom is 0.219 e. The van der Waals surface area contributed by atoms with Gasteiger partial charge in [-0.1, -0.05) is 22.6 Å². The quantitative estimate of drug-likeness (QED) is 0.472. The molecule has 1 fully saturated rings. The van der Waals surface area contributed by atoms with Gasteiger partial charge in [0, 0.05) is 23.9 Å². The Hall–Kier alpha value is 0.200. The van der Waals surface area contributed by atoms with Crippen LogP contribution < -0.4 is 0 Å². The predicted octanol–water partition coefficient (Wildman–Crippen LogP) is 1.43. The van der Waals surface area contributed by atoms with Crippen molar-refractivity contribution in [1.29, 1.82) is 0 Å². The number of amides is 1. The van der Waals surface area contributed by atoms with Gasteiger partial charge in [0.2, 0.25) is 5.91 Å². The van der Waals surface area contributed by atoms with Crippen molar-refractivity contribution in [2.24, 2.45) is 0 Å². The maximum atomic E-state index is 10.9. The molecular weight excluding hydrogens is 241 g/mol. The molecule has 0 saturated carbocycles. The second-order valence-electron chi connectivity index (χ2n) is 2.70. The van der Waals surface area contributed by atoms with Crippen LogP contribution in [0.25, 0.3) is 0 Å². The Labute approximate surface area is 75.1 Å². The average Bonchev–Trinajstić information content (AvgIpc) is 1.88. The van der Waals surface area contributed by atoms with Gasteiger partial charge in [-0.2, -0.15) is 0 Å². The summed E-state index contributed by atoms with van der Waals surface area (Å²) in [5.41, 5.74) is 0. The largest absolute Gasteiger partial charge is 0.342 e. The number of hydrogen-bond donors (Lipinski definition) is 0. The van der Waals surface area contributed by atoms with Crippen molar-refractivity contribution in [2.45, 2.75) is 23.7 Å². The number of halogens is 1. The SMILES string of the molecule is CC(=O)N1CCC[C@@H](I)C1. The van der Waals surface area contributed by atoms with Crippen LogP contribution in [0.5, 0.6) is 0 Å². The lowest BCUT2D eigenvalue weighted by Crippen LogP contribution is -2.38. The highest BCUT2D eigenvalue weighted by atomic mass is 127. The van der Waals surface area contributed by atoms with Crippen LogP contribution in [0.3, 0.4) is 0 Å². The van der Waals surface area contributed by atoms with Gasteiger partial charge >= 0.3 is 0 Å². The number of nitrogens with zero attached hydrogens (tertiary/aromatic N) is 1. The summed E-state index contributed by atoms with van der Waals surface area (Å²) in [7, 11) is 0. The molecule has 1 heterocycles.